The second-order valence-corrected chi connectivity index (χ2v) is 6.20. The molecule has 0 bridgehead atoms. The highest BCUT2D eigenvalue weighted by atomic mass is 31.2. The number of nitrogen functional groups attached to an aromatic ring is 1. The number of hydrogen-bond acceptors (Lipinski definition) is 10. The Balaban J connectivity index is 2.03. The molecule has 0 unspecified atom stereocenters. The molecule has 13 nitrogen and oxygen atoms in total. The number of phosphoric ester groups is 1. The van der Waals surface area contributed by atoms with Crippen molar-refractivity contribution in [2.45, 2.75) is 24.5 Å². The largest absolute Gasteiger partial charge is 0.480 e. The van der Waals surface area contributed by atoms with Crippen LogP contribution >= 0.6 is 7.82 Å². The van der Waals surface area contributed by atoms with Gasteiger partial charge in [0.15, 0.2) is 23.2 Å². The first kappa shape index (κ1) is 17.0. The van der Waals surface area contributed by atoms with Gasteiger partial charge in [-0.25, -0.2) is 19.1 Å². The first-order valence-corrected chi connectivity index (χ1v) is 8.11. The quantitative estimate of drug-likeness (QED) is 0.321. The van der Waals surface area contributed by atoms with Gasteiger partial charge in [0.2, 0.25) is 0 Å². The van der Waals surface area contributed by atoms with E-state index in [4.69, 9.17) is 20.3 Å². The van der Waals surface area contributed by atoms with E-state index in [0.29, 0.717) is 0 Å². The van der Waals surface area contributed by atoms with Crippen LogP contribution in [0.15, 0.2) is 6.33 Å². The topological polar surface area (TPSA) is 206 Å². The predicted molar refractivity (Wildman–Crippen MR) is 75.3 cm³/mol. The standard InChI is InChI=1S/C10H14N5O8P/c11-7-4-8(13-2-12-7)15(10(18)14-4)9-5(17)6(3(1-16)22-9)23-24(19,20)21/h2-3,5-6,9,16-17H,1H2,(H,14,18)(H2,11,12,13)(H2,19,20,21)/t3-,5-,6-,9-/m1/s1. The lowest BCUT2D eigenvalue weighted by molar-refractivity contribution is -0.0536. The second kappa shape index (κ2) is 5.89. The van der Waals surface area contributed by atoms with Crippen molar-refractivity contribution in [1.29, 1.82) is 0 Å². The molecule has 0 aliphatic carbocycles. The summed E-state index contributed by atoms with van der Waals surface area (Å²) >= 11 is 0. The third-order valence-electron chi connectivity index (χ3n) is 3.49. The van der Waals surface area contributed by atoms with Crippen molar-refractivity contribution in [2.75, 3.05) is 12.3 Å². The van der Waals surface area contributed by atoms with Crippen LogP contribution in [0.4, 0.5) is 5.82 Å². The minimum absolute atomic E-state index is 0.0248. The van der Waals surface area contributed by atoms with Crippen LogP contribution in [0, 0.1) is 0 Å². The molecule has 2 aromatic heterocycles. The molecule has 3 heterocycles. The van der Waals surface area contributed by atoms with E-state index in [2.05, 4.69) is 19.5 Å². The second-order valence-electron chi connectivity index (χ2n) is 5.01. The van der Waals surface area contributed by atoms with Crippen molar-refractivity contribution in [2.24, 2.45) is 0 Å². The molecule has 14 heteroatoms. The first-order chi connectivity index (χ1) is 11.2. The molecule has 0 aromatic carbocycles. The van der Waals surface area contributed by atoms with Gasteiger partial charge in [0.1, 0.15) is 24.6 Å². The van der Waals surface area contributed by atoms with Crippen molar-refractivity contribution in [3.63, 3.8) is 0 Å². The van der Waals surface area contributed by atoms with E-state index in [0.717, 1.165) is 10.9 Å². The van der Waals surface area contributed by atoms with Gasteiger partial charge in [-0.1, -0.05) is 0 Å². The van der Waals surface area contributed by atoms with E-state index in [1.54, 1.807) is 0 Å². The summed E-state index contributed by atoms with van der Waals surface area (Å²) in [6, 6.07) is -0.616. The molecule has 7 N–H and O–H groups in total. The Morgan fingerprint density at radius 2 is 2.12 bits per heavy atom. The van der Waals surface area contributed by atoms with Gasteiger partial charge < -0.3 is 35.6 Å². The molecular weight excluding hydrogens is 349 g/mol. The fourth-order valence-electron chi connectivity index (χ4n) is 2.52. The Morgan fingerprint density at radius 3 is 2.75 bits per heavy atom. The highest BCUT2D eigenvalue weighted by Gasteiger charge is 2.49. The molecule has 1 fully saturated rings. The zero-order valence-corrected chi connectivity index (χ0v) is 12.8. The van der Waals surface area contributed by atoms with Gasteiger partial charge in [-0.2, -0.15) is 4.98 Å². The van der Waals surface area contributed by atoms with E-state index in [-0.39, 0.29) is 17.0 Å². The maximum Gasteiger partial charge on any atom is 0.470 e. The third kappa shape index (κ3) is 2.82. The lowest BCUT2D eigenvalue weighted by Gasteiger charge is -2.20. The number of fused-ring (bicyclic) bond motifs is 1. The fraction of sp³-hybridized carbons (Fsp3) is 0.500. The Morgan fingerprint density at radius 1 is 1.42 bits per heavy atom. The summed E-state index contributed by atoms with van der Waals surface area (Å²) in [5.74, 6) is -0.0248. The number of anilines is 1. The number of ether oxygens (including phenoxy) is 1. The van der Waals surface area contributed by atoms with Crippen LogP contribution in [0.3, 0.4) is 0 Å². The molecule has 1 aliphatic heterocycles. The molecule has 3 rings (SSSR count). The van der Waals surface area contributed by atoms with E-state index < -0.39 is 45.0 Å². The SMILES string of the molecule is Nc1ncnc2c1nc(O)n2[C@@H]1O[C@H](CO)[C@@H](OP(=O)(O)O)[C@H]1O. The van der Waals surface area contributed by atoms with Crippen LogP contribution in [0.25, 0.3) is 11.2 Å². The Labute approximate surface area is 133 Å². The molecule has 1 saturated heterocycles. The number of hydrogen-bond donors (Lipinski definition) is 6. The van der Waals surface area contributed by atoms with Crippen LogP contribution in [0.1, 0.15) is 6.23 Å². The smallest absolute Gasteiger partial charge is 0.470 e. The fourth-order valence-corrected chi connectivity index (χ4v) is 3.10. The number of aliphatic hydroxyl groups is 2. The number of nitrogens with two attached hydrogens (primary N) is 1. The lowest BCUT2D eigenvalue weighted by Crippen LogP contribution is -2.35. The minimum atomic E-state index is -4.96. The van der Waals surface area contributed by atoms with Crippen LogP contribution in [0.2, 0.25) is 0 Å². The summed E-state index contributed by atoms with van der Waals surface area (Å²) < 4.78 is 21.8. The summed E-state index contributed by atoms with van der Waals surface area (Å²) in [7, 11) is -4.96. The summed E-state index contributed by atoms with van der Waals surface area (Å²) in [4.78, 5) is 29.2. The van der Waals surface area contributed by atoms with Gasteiger partial charge in [-0.15, -0.1) is 0 Å². The maximum atomic E-state index is 11.0. The molecule has 132 valence electrons. The van der Waals surface area contributed by atoms with Gasteiger partial charge in [0.25, 0.3) is 6.01 Å². The van der Waals surface area contributed by atoms with Gasteiger partial charge in [0, 0.05) is 0 Å². The monoisotopic (exact) mass is 363 g/mol. The lowest BCUT2D eigenvalue weighted by atomic mass is 10.1. The maximum absolute atomic E-state index is 11.0. The van der Waals surface area contributed by atoms with Crippen LogP contribution in [-0.2, 0) is 13.8 Å². The number of nitrogens with zero attached hydrogens (tertiary/aromatic N) is 4. The Kier molecular flexibility index (Phi) is 4.17. The van der Waals surface area contributed by atoms with Crippen molar-refractivity contribution in [1.82, 2.24) is 19.5 Å². The van der Waals surface area contributed by atoms with Gasteiger partial charge >= 0.3 is 7.82 Å². The number of phosphoric acid groups is 1. The third-order valence-corrected chi connectivity index (χ3v) is 4.01. The molecule has 0 saturated carbocycles. The molecule has 1 aliphatic rings. The first-order valence-electron chi connectivity index (χ1n) is 6.58. The number of aromatic nitrogens is 4. The molecule has 0 radical (unpaired) electrons. The molecule has 0 spiro atoms. The number of imidazole rings is 1. The summed E-state index contributed by atoms with van der Waals surface area (Å²) in [5, 5.41) is 29.6. The zero-order chi connectivity index (χ0) is 17.6. The van der Waals surface area contributed by atoms with Crippen LogP contribution in [0.5, 0.6) is 6.01 Å². The van der Waals surface area contributed by atoms with E-state index >= 15 is 0 Å². The average molecular weight is 363 g/mol. The average Bonchev–Trinajstić information content (AvgIpc) is 2.97. The van der Waals surface area contributed by atoms with Crippen LogP contribution in [-0.4, -0.2) is 69.5 Å². The molecule has 2 aromatic rings. The molecule has 24 heavy (non-hydrogen) atoms. The van der Waals surface area contributed by atoms with E-state index in [9.17, 15) is 19.9 Å². The summed E-state index contributed by atoms with van der Waals surface area (Å²) in [6.45, 7) is -0.692. The number of rotatable bonds is 4. The highest BCUT2D eigenvalue weighted by Crippen LogP contribution is 2.44. The normalized spacial score (nSPS) is 27.8. The summed E-state index contributed by atoms with van der Waals surface area (Å²) in [5.41, 5.74) is 5.70. The predicted octanol–water partition coefficient (Wildman–Crippen LogP) is -2.16. The van der Waals surface area contributed by atoms with E-state index in [1.165, 1.54) is 0 Å². The minimum Gasteiger partial charge on any atom is -0.480 e. The van der Waals surface area contributed by atoms with Crippen LogP contribution < -0.4 is 5.73 Å². The number of aliphatic hydroxyl groups excluding tert-OH is 2. The van der Waals surface area contributed by atoms with Crippen molar-refractivity contribution in [3.8, 4) is 6.01 Å². The summed E-state index contributed by atoms with van der Waals surface area (Å²) in [6.07, 6.45) is -4.72. The van der Waals surface area contributed by atoms with E-state index in [1.807, 2.05) is 0 Å². The van der Waals surface area contributed by atoms with Crippen molar-refractivity contribution in [3.05, 3.63) is 6.33 Å². The highest BCUT2D eigenvalue weighted by molar-refractivity contribution is 7.46. The molecular formula is C10H14N5O8P. The van der Waals surface area contributed by atoms with Gasteiger partial charge in [-0.3, -0.25) is 4.52 Å². The van der Waals surface area contributed by atoms with Crippen molar-refractivity contribution < 1.29 is 38.9 Å². The number of aromatic hydroxyl groups is 1. The Bertz CT molecular complexity index is 808. The van der Waals surface area contributed by atoms with Gasteiger partial charge in [0.05, 0.1) is 6.61 Å². The van der Waals surface area contributed by atoms with Crippen molar-refractivity contribution >= 4 is 24.8 Å². The molecule has 0 amide bonds. The van der Waals surface area contributed by atoms with Gasteiger partial charge in [-0.05, 0) is 0 Å². The Hall–Kier alpha value is -1.86. The molecule has 4 atom stereocenters. The zero-order valence-electron chi connectivity index (χ0n) is 11.9.